The van der Waals surface area contributed by atoms with Crippen LogP contribution in [0.2, 0.25) is 0 Å². The summed E-state index contributed by atoms with van der Waals surface area (Å²) in [5, 5.41) is 16.6. The van der Waals surface area contributed by atoms with Crippen molar-refractivity contribution < 1.29 is 9.72 Å². The minimum absolute atomic E-state index is 0.111. The minimum Gasteiger partial charge on any atom is -0.355 e. The molecule has 0 saturated carbocycles. The smallest absolute Gasteiger partial charge is 0.287 e. The second-order valence-corrected chi connectivity index (χ2v) is 5.50. The van der Waals surface area contributed by atoms with Gasteiger partial charge >= 0.3 is 0 Å². The number of pyridine rings is 1. The van der Waals surface area contributed by atoms with Crippen LogP contribution in [0.4, 0.5) is 17.2 Å². The van der Waals surface area contributed by atoms with Gasteiger partial charge in [0.2, 0.25) is 0 Å². The highest BCUT2D eigenvalue weighted by atomic mass is 16.6. The average Bonchev–Trinajstić information content (AvgIpc) is 2.68. The van der Waals surface area contributed by atoms with Crippen molar-refractivity contribution in [2.24, 2.45) is 0 Å². The predicted octanol–water partition coefficient (Wildman–Crippen LogP) is 3.78. The lowest BCUT2D eigenvalue weighted by Gasteiger charge is -2.19. The van der Waals surface area contributed by atoms with E-state index in [4.69, 9.17) is 0 Å². The van der Waals surface area contributed by atoms with Gasteiger partial charge in [-0.2, -0.15) is 0 Å². The van der Waals surface area contributed by atoms with Gasteiger partial charge in [0.05, 0.1) is 4.92 Å². The molecule has 0 saturated heterocycles. The van der Waals surface area contributed by atoms with Crippen molar-refractivity contribution in [3.8, 4) is 0 Å². The first-order valence-corrected chi connectivity index (χ1v) is 7.91. The van der Waals surface area contributed by atoms with Gasteiger partial charge < -0.3 is 10.6 Å². The van der Waals surface area contributed by atoms with E-state index in [0.717, 1.165) is 11.8 Å². The third-order valence-electron chi connectivity index (χ3n) is 3.69. The first-order chi connectivity index (χ1) is 12.6. The van der Waals surface area contributed by atoms with Crippen LogP contribution >= 0.6 is 0 Å². The molecule has 0 radical (unpaired) electrons. The number of carbonyl (C=O) groups is 1. The zero-order chi connectivity index (χ0) is 18.4. The molecule has 26 heavy (non-hydrogen) atoms. The highest BCUT2D eigenvalue weighted by Crippen LogP contribution is 2.21. The van der Waals surface area contributed by atoms with E-state index in [0.29, 0.717) is 11.5 Å². The average molecular weight is 348 g/mol. The number of anilines is 2. The topological polar surface area (TPSA) is 97.2 Å². The van der Waals surface area contributed by atoms with Crippen molar-refractivity contribution in [2.75, 3.05) is 10.6 Å². The summed E-state index contributed by atoms with van der Waals surface area (Å²) in [6, 6.07) is 20.4. The second kappa shape index (κ2) is 7.89. The number of nitrogens with one attached hydrogen (secondary N) is 2. The molecule has 0 unspecified atom stereocenters. The molecular formula is C19H16N4O3. The number of rotatable bonds is 6. The highest BCUT2D eigenvalue weighted by molar-refractivity contribution is 5.97. The Labute approximate surface area is 149 Å². The van der Waals surface area contributed by atoms with E-state index in [1.54, 1.807) is 12.1 Å². The summed E-state index contributed by atoms with van der Waals surface area (Å²) in [6.45, 7) is 0. The Kier molecular flexibility index (Phi) is 5.19. The van der Waals surface area contributed by atoms with Crippen molar-refractivity contribution >= 4 is 23.1 Å². The van der Waals surface area contributed by atoms with Gasteiger partial charge in [-0.3, -0.25) is 14.9 Å². The summed E-state index contributed by atoms with van der Waals surface area (Å²) in [6.07, 6.45) is 1.15. The maximum atomic E-state index is 12.8. The normalized spacial score (nSPS) is 11.4. The molecule has 1 heterocycles. The van der Waals surface area contributed by atoms with Crippen LogP contribution in [-0.2, 0) is 4.79 Å². The Morgan fingerprint density at radius 2 is 1.62 bits per heavy atom. The van der Waals surface area contributed by atoms with E-state index in [1.807, 2.05) is 48.5 Å². The fraction of sp³-hybridized carbons (Fsp3) is 0.0526. The molecule has 2 aromatic carbocycles. The van der Waals surface area contributed by atoms with Gasteiger partial charge in [-0.25, -0.2) is 4.98 Å². The molecule has 7 heteroatoms. The molecule has 7 nitrogen and oxygen atoms in total. The minimum atomic E-state index is -0.703. The number of aromatic nitrogens is 1. The third-order valence-corrected chi connectivity index (χ3v) is 3.69. The van der Waals surface area contributed by atoms with E-state index < -0.39 is 11.0 Å². The molecule has 0 spiro atoms. The Morgan fingerprint density at radius 1 is 0.962 bits per heavy atom. The molecule has 0 fully saturated rings. The first kappa shape index (κ1) is 17.1. The summed E-state index contributed by atoms with van der Waals surface area (Å²) in [7, 11) is 0. The molecule has 130 valence electrons. The number of carbonyl (C=O) groups excluding carboxylic acids is 1. The van der Waals surface area contributed by atoms with E-state index in [1.165, 1.54) is 12.1 Å². The van der Waals surface area contributed by atoms with Crippen LogP contribution in [0.3, 0.4) is 0 Å². The van der Waals surface area contributed by atoms with Crippen molar-refractivity contribution in [3.63, 3.8) is 0 Å². The molecule has 1 amide bonds. The monoisotopic (exact) mass is 348 g/mol. The molecule has 3 rings (SSSR count). The quantitative estimate of drug-likeness (QED) is 0.522. The number of hydrogen-bond donors (Lipinski definition) is 2. The fourth-order valence-corrected chi connectivity index (χ4v) is 2.41. The van der Waals surface area contributed by atoms with E-state index >= 15 is 0 Å². The molecule has 0 aliphatic rings. The maximum absolute atomic E-state index is 12.8. The lowest BCUT2D eigenvalue weighted by molar-refractivity contribution is -0.385. The first-order valence-electron chi connectivity index (χ1n) is 7.91. The fourth-order valence-electron chi connectivity index (χ4n) is 2.41. The molecule has 0 aliphatic heterocycles. The van der Waals surface area contributed by atoms with Gasteiger partial charge in [-0.1, -0.05) is 48.5 Å². The largest absolute Gasteiger partial charge is 0.355 e. The van der Waals surface area contributed by atoms with Crippen LogP contribution in [0.25, 0.3) is 0 Å². The maximum Gasteiger partial charge on any atom is 0.287 e. The summed E-state index contributed by atoms with van der Waals surface area (Å²) >= 11 is 0. The number of amides is 1. The van der Waals surface area contributed by atoms with Crippen molar-refractivity contribution in [2.45, 2.75) is 6.04 Å². The van der Waals surface area contributed by atoms with Crippen molar-refractivity contribution in [1.82, 2.24) is 4.98 Å². The van der Waals surface area contributed by atoms with E-state index in [-0.39, 0.29) is 11.6 Å². The SMILES string of the molecule is O=C(Nc1ccccc1)[C@@H](Nc1ccc([N+](=O)[O-])cn1)c1ccccc1. The summed E-state index contributed by atoms with van der Waals surface area (Å²) in [5.74, 6) is 0.107. The van der Waals surface area contributed by atoms with Gasteiger partial charge in [0.1, 0.15) is 18.1 Å². The molecule has 3 aromatic rings. The van der Waals surface area contributed by atoms with Crippen LogP contribution < -0.4 is 10.6 Å². The number of para-hydroxylation sites is 1. The number of nitrogens with zero attached hydrogens (tertiary/aromatic N) is 2. The predicted molar refractivity (Wildman–Crippen MR) is 98.8 cm³/mol. The zero-order valence-corrected chi connectivity index (χ0v) is 13.7. The van der Waals surface area contributed by atoms with E-state index in [9.17, 15) is 14.9 Å². The number of hydrogen-bond acceptors (Lipinski definition) is 5. The summed E-state index contributed by atoms with van der Waals surface area (Å²) in [5.41, 5.74) is 1.32. The van der Waals surface area contributed by atoms with Crippen LogP contribution in [0, 0.1) is 10.1 Å². The molecule has 1 aromatic heterocycles. The van der Waals surface area contributed by atoms with Crippen molar-refractivity contribution in [3.05, 3.63) is 94.7 Å². The molecule has 0 aliphatic carbocycles. The molecule has 0 bridgehead atoms. The van der Waals surface area contributed by atoms with Crippen molar-refractivity contribution in [1.29, 1.82) is 0 Å². The Morgan fingerprint density at radius 3 is 2.19 bits per heavy atom. The second-order valence-electron chi connectivity index (χ2n) is 5.50. The van der Waals surface area contributed by atoms with Gasteiger partial charge in [-0.05, 0) is 23.8 Å². The molecular weight excluding hydrogens is 332 g/mol. The summed E-state index contributed by atoms with van der Waals surface area (Å²) < 4.78 is 0. The third kappa shape index (κ3) is 4.21. The number of benzene rings is 2. The Bertz CT molecular complexity index is 884. The Balaban J connectivity index is 1.84. The molecule has 1 atom stereocenters. The van der Waals surface area contributed by atoms with Crippen LogP contribution in [-0.4, -0.2) is 15.8 Å². The van der Waals surface area contributed by atoms with Gasteiger partial charge in [-0.15, -0.1) is 0 Å². The standard InChI is InChI=1S/C19H16N4O3/c24-19(21-15-9-5-2-6-10-15)18(14-7-3-1-4-8-14)22-17-12-11-16(13-20-17)23(25)26/h1-13,18H,(H,20,22)(H,21,24)/t18-/m0/s1. The van der Waals surface area contributed by atoms with Gasteiger partial charge in [0.15, 0.2) is 0 Å². The van der Waals surface area contributed by atoms with Gasteiger partial charge in [0.25, 0.3) is 11.6 Å². The lowest BCUT2D eigenvalue weighted by atomic mass is 10.1. The summed E-state index contributed by atoms with van der Waals surface area (Å²) in [4.78, 5) is 27.0. The van der Waals surface area contributed by atoms with Crippen LogP contribution in [0.5, 0.6) is 0 Å². The van der Waals surface area contributed by atoms with Crippen LogP contribution in [0.1, 0.15) is 11.6 Å². The Hall–Kier alpha value is -3.74. The van der Waals surface area contributed by atoms with Crippen LogP contribution in [0.15, 0.2) is 79.0 Å². The molecule has 2 N–H and O–H groups in total. The van der Waals surface area contributed by atoms with Gasteiger partial charge in [0, 0.05) is 11.8 Å². The zero-order valence-electron chi connectivity index (χ0n) is 13.7. The lowest BCUT2D eigenvalue weighted by Crippen LogP contribution is -2.27. The van der Waals surface area contributed by atoms with E-state index in [2.05, 4.69) is 15.6 Å². The number of nitro groups is 1. The highest BCUT2D eigenvalue weighted by Gasteiger charge is 2.21.